The van der Waals surface area contributed by atoms with Crippen molar-refractivity contribution in [1.29, 1.82) is 0 Å². The highest BCUT2D eigenvalue weighted by atomic mass is 19.4. The summed E-state index contributed by atoms with van der Waals surface area (Å²) in [4.78, 5) is 13.5. The maximum absolute atomic E-state index is 13.6. The van der Waals surface area contributed by atoms with Gasteiger partial charge in [0.2, 0.25) is 0 Å². The van der Waals surface area contributed by atoms with Crippen LogP contribution < -0.4 is 10.6 Å². The summed E-state index contributed by atoms with van der Waals surface area (Å²) in [7, 11) is 0. The number of benzene rings is 1. The van der Waals surface area contributed by atoms with Crippen LogP contribution in [0.4, 0.5) is 19.0 Å². The number of nitrogens with zero attached hydrogens (tertiary/aromatic N) is 3. The van der Waals surface area contributed by atoms with Gasteiger partial charge in [-0.3, -0.25) is 4.99 Å². The van der Waals surface area contributed by atoms with E-state index in [0.717, 1.165) is 73.2 Å². The molecule has 8 heteroatoms. The SMILES string of the molecule is CC1=NCCC/C(C)=C(\Nc2nc(-c3ccccc3C(F)(F)F)nc3c2CCC3)N1. The minimum Gasteiger partial charge on any atom is -0.331 e. The van der Waals surface area contributed by atoms with E-state index in [2.05, 4.69) is 25.6 Å². The number of allylic oxidation sites excluding steroid dienone is 1. The number of aryl methyl sites for hydroxylation is 1. The molecule has 2 heterocycles. The van der Waals surface area contributed by atoms with Crippen LogP contribution in [0.1, 0.15) is 49.9 Å². The average molecular weight is 415 g/mol. The molecule has 1 aromatic heterocycles. The number of halogens is 3. The molecule has 0 radical (unpaired) electrons. The molecule has 0 atom stereocenters. The zero-order valence-corrected chi connectivity index (χ0v) is 17.0. The summed E-state index contributed by atoms with van der Waals surface area (Å²) in [6, 6.07) is 5.46. The van der Waals surface area contributed by atoms with Gasteiger partial charge >= 0.3 is 6.18 Å². The Morgan fingerprint density at radius 1 is 1.00 bits per heavy atom. The topological polar surface area (TPSA) is 62.2 Å². The number of amidine groups is 1. The number of aromatic nitrogens is 2. The molecule has 2 N–H and O–H groups in total. The van der Waals surface area contributed by atoms with Crippen molar-refractivity contribution in [1.82, 2.24) is 15.3 Å². The number of hydrogen-bond acceptors (Lipinski definition) is 5. The van der Waals surface area contributed by atoms with Crippen LogP contribution in [0.3, 0.4) is 0 Å². The molecule has 0 amide bonds. The number of fused-ring (bicyclic) bond motifs is 1. The highest BCUT2D eigenvalue weighted by Gasteiger charge is 2.34. The van der Waals surface area contributed by atoms with E-state index in [1.165, 1.54) is 12.1 Å². The number of anilines is 1. The Labute approximate surface area is 173 Å². The van der Waals surface area contributed by atoms with Crippen molar-refractivity contribution in [3.05, 3.63) is 52.5 Å². The van der Waals surface area contributed by atoms with Gasteiger partial charge in [-0.2, -0.15) is 13.2 Å². The third-order valence-electron chi connectivity index (χ3n) is 5.44. The molecule has 0 unspecified atom stereocenters. The van der Waals surface area contributed by atoms with Crippen LogP contribution in [0.25, 0.3) is 11.4 Å². The first-order chi connectivity index (χ1) is 14.3. The van der Waals surface area contributed by atoms with E-state index in [0.29, 0.717) is 5.82 Å². The molecule has 0 saturated heterocycles. The van der Waals surface area contributed by atoms with Crippen LogP contribution >= 0.6 is 0 Å². The maximum atomic E-state index is 13.6. The minimum absolute atomic E-state index is 0.00294. The normalized spacial score (nSPS) is 19.4. The Balaban J connectivity index is 1.79. The molecule has 4 rings (SSSR count). The number of nitrogens with one attached hydrogen (secondary N) is 2. The molecule has 158 valence electrons. The lowest BCUT2D eigenvalue weighted by Gasteiger charge is -2.21. The van der Waals surface area contributed by atoms with Crippen LogP contribution in [0.2, 0.25) is 0 Å². The number of rotatable bonds is 3. The molecule has 2 aliphatic rings. The maximum Gasteiger partial charge on any atom is 0.417 e. The monoisotopic (exact) mass is 415 g/mol. The molecule has 30 heavy (non-hydrogen) atoms. The summed E-state index contributed by atoms with van der Waals surface area (Å²) in [5.74, 6) is 2.25. The van der Waals surface area contributed by atoms with Gasteiger partial charge < -0.3 is 10.6 Å². The van der Waals surface area contributed by atoms with Gasteiger partial charge in [0.1, 0.15) is 11.6 Å². The van der Waals surface area contributed by atoms with Crippen molar-refractivity contribution >= 4 is 11.7 Å². The largest absolute Gasteiger partial charge is 0.417 e. The van der Waals surface area contributed by atoms with Gasteiger partial charge in [0.25, 0.3) is 0 Å². The molecule has 0 spiro atoms. The second-order valence-electron chi connectivity index (χ2n) is 7.69. The van der Waals surface area contributed by atoms with Gasteiger partial charge in [-0.1, -0.05) is 18.2 Å². The number of alkyl halides is 3. The molecule has 5 nitrogen and oxygen atoms in total. The third kappa shape index (κ3) is 4.17. The molecule has 0 fully saturated rings. The van der Waals surface area contributed by atoms with E-state index in [1.54, 1.807) is 6.07 Å². The van der Waals surface area contributed by atoms with Gasteiger partial charge in [0, 0.05) is 23.4 Å². The van der Waals surface area contributed by atoms with Crippen molar-refractivity contribution in [3.8, 4) is 11.4 Å². The molecule has 1 aliphatic heterocycles. The first kappa shape index (κ1) is 20.4. The van der Waals surface area contributed by atoms with Crippen molar-refractivity contribution in [2.24, 2.45) is 4.99 Å². The predicted octanol–water partition coefficient (Wildman–Crippen LogP) is 5.10. The van der Waals surface area contributed by atoms with E-state index in [1.807, 2.05) is 13.8 Å². The zero-order valence-electron chi connectivity index (χ0n) is 17.0. The first-order valence-electron chi connectivity index (χ1n) is 10.1. The standard InChI is InChI=1S/C22H24F3N5/c1-13-7-6-12-26-14(2)27-19(13)29-21-16-9-5-11-18(16)28-20(30-21)15-8-3-4-10-17(15)22(23,24)25/h3-4,8,10H,5-7,9,11-12H2,1-2H3,(H,26,27)(H,28,29,30)/b19-13-. The third-order valence-corrected chi connectivity index (χ3v) is 5.44. The van der Waals surface area contributed by atoms with Crippen molar-refractivity contribution < 1.29 is 13.2 Å². The highest BCUT2D eigenvalue weighted by molar-refractivity contribution is 5.82. The van der Waals surface area contributed by atoms with Crippen LogP contribution in [0.5, 0.6) is 0 Å². The fraction of sp³-hybridized carbons (Fsp3) is 0.409. The van der Waals surface area contributed by atoms with E-state index < -0.39 is 11.7 Å². The second kappa shape index (κ2) is 8.08. The molecular weight excluding hydrogens is 391 g/mol. The smallest absolute Gasteiger partial charge is 0.331 e. The Bertz CT molecular complexity index is 1020. The first-order valence-corrected chi connectivity index (χ1v) is 10.1. The lowest BCUT2D eigenvalue weighted by molar-refractivity contribution is -0.137. The van der Waals surface area contributed by atoms with Crippen LogP contribution in [-0.4, -0.2) is 22.3 Å². The summed E-state index contributed by atoms with van der Waals surface area (Å²) in [6.45, 7) is 4.70. The lowest BCUT2D eigenvalue weighted by Crippen LogP contribution is -2.28. The molecule has 2 aromatic rings. The van der Waals surface area contributed by atoms with Crippen molar-refractivity contribution in [2.75, 3.05) is 11.9 Å². The molecule has 1 aromatic carbocycles. The summed E-state index contributed by atoms with van der Waals surface area (Å²) in [5, 5.41) is 6.63. The van der Waals surface area contributed by atoms with Crippen molar-refractivity contribution in [3.63, 3.8) is 0 Å². The van der Waals surface area contributed by atoms with Gasteiger partial charge in [-0.05, 0) is 57.6 Å². The van der Waals surface area contributed by atoms with E-state index in [9.17, 15) is 13.2 Å². The Morgan fingerprint density at radius 2 is 1.80 bits per heavy atom. The van der Waals surface area contributed by atoms with Crippen LogP contribution in [0.15, 0.2) is 40.7 Å². The number of aliphatic imine (C=N–C) groups is 1. The number of hydrogen-bond donors (Lipinski definition) is 2. The van der Waals surface area contributed by atoms with Crippen molar-refractivity contribution in [2.45, 2.75) is 52.1 Å². The van der Waals surface area contributed by atoms with Gasteiger partial charge in [0.05, 0.1) is 11.4 Å². The summed E-state index contributed by atoms with van der Waals surface area (Å²) in [6.07, 6.45) is -0.196. The van der Waals surface area contributed by atoms with Gasteiger partial charge in [-0.15, -0.1) is 0 Å². The Hall–Kier alpha value is -2.90. The van der Waals surface area contributed by atoms with Crippen LogP contribution in [-0.2, 0) is 19.0 Å². The van der Waals surface area contributed by atoms with E-state index in [-0.39, 0.29) is 11.4 Å². The van der Waals surface area contributed by atoms with E-state index in [4.69, 9.17) is 0 Å². The summed E-state index contributed by atoms with van der Waals surface area (Å²) >= 11 is 0. The summed E-state index contributed by atoms with van der Waals surface area (Å²) in [5.41, 5.74) is 2.19. The fourth-order valence-corrected chi connectivity index (χ4v) is 3.88. The lowest BCUT2D eigenvalue weighted by atomic mass is 10.1. The molecule has 1 aliphatic carbocycles. The minimum atomic E-state index is -4.47. The quantitative estimate of drug-likeness (QED) is 0.733. The zero-order chi connectivity index (χ0) is 21.3. The molecular formula is C22H24F3N5. The second-order valence-corrected chi connectivity index (χ2v) is 7.69. The molecule has 0 saturated carbocycles. The Morgan fingerprint density at radius 3 is 2.60 bits per heavy atom. The highest BCUT2D eigenvalue weighted by Crippen LogP contribution is 2.37. The van der Waals surface area contributed by atoms with Crippen LogP contribution in [0, 0.1) is 0 Å². The fourth-order valence-electron chi connectivity index (χ4n) is 3.88. The summed E-state index contributed by atoms with van der Waals surface area (Å²) < 4.78 is 40.7. The van der Waals surface area contributed by atoms with Gasteiger partial charge in [0.15, 0.2) is 5.82 Å². The van der Waals surface area contributed by atoms with E-state index >= 15 is 0 Å². The predicted molar refractivity (Wildman–Crippen MR) is 111 cm³/mol. The molecule has 0 bridgehead atoms. The van der Waals surface area contributed by atoms with Gasteiger partial charge in [-0.25, -0.2) is 9.97 Å². The Kier molecular flexibility index (Phi) is 5.49. The average Bonchev–Trinajstić information content (AvgIpc) is 3.18.